The van der Waals surface area contributed by atoms with E-state index in [1.807, 2.05) is 6.92 Å². The van der Waals surface area contributed by atoms with Gasteiger partial charge in [-0.05, 0) is 30.0 Å². The summed E-state index contributed by atoms with van der Waals surface area (Å²) in [4.78, 5) is 11.9. The van der Waals surface area contributed by atoms with Crippen molar-refractivity contribution in [1.29, 1.82) is 0 Å². The Labute approximate surface area is 131 Å². The summed E-state index contributed by atoms with van der Waals surface area (Å²) >= 11 is 2.72. The molecule has 22 heavy (non-hydrogen) atoms. The predicted molar refractivity (Wildman–Crippen MR) is 77.4 cm³/mol. The topological polar surface area (TPSA) is 64.1 Å². The number of halogens is 3. The van der Waals surface area contributed by atoms with Crippen LogP contribution < -0.4 is 10.1 Å². The molecule has 0 unspecified atom stereocenters. The maximum atomic E-state index is 12.0. The average molecular weight is 349 g/mol. The van der Waals surface area contributed by atoms with Gasteiger partial charge in [-0.25, -0.2) is 0 Å². The Balaban J connectivity index is 2.00. The Morgan fingerprint density at radius 1 is 1.32 bits per heavy atom. The van der Waals surface area contributed by atoms with E-state index in [1.165, 1.54) is 35.2 Å². The lowest BCUT2D eigenvalue weighted by Gasteiger charge is -2.08. The predicted octanol–water partition coefficient (Wildman–Crippen LogP) is 3.80. The van der Waals surface area contributed by atoms with Gasteiger partial charge >= 0.3 is 6.36 Å². The van der Waals surface area contributed by atoms with E-state index in [1.54, 1.807) is 0 Å². The SMILES string of the molecule is CCSc1nnc(NC(=O)c2ccc(OC(F)(F)F)cc2)s1. The van der Waals surface area contributed by atoms with Crippen molar-refractivity contribution in [2.24, 2.45) is 0 Å². The van der Waals surface area contributed by atoms with E-state index in [0.717, 1.165) is 22.2 Å². The van der Waals surface area contributed by atoms with E-state index in [4.69, 9.17) is 0 Å². The Bertz CT molecular complexity index is 644. The van der Waals surface area contributed by atoms with E-state index >= 15 is 0 Å². The molecule has 0 spiro atoms. The lowest BCUT2D eigenvalue weighted by atomic mass is 10.2. The second-order valence-electron chi connectivity index (χ2n) is 3.83. The first-order valence-corrected chi connectivity index (χ1v) is 7.81. The summed E-state index contributed by atoms with van der Waals surface area (Å²) in [5, 5.41) is 10.6. The van der Waals surface area contributed by atoms with Crippen LogP contribution in [-0.2, 0) is 0 Å². The molecule has 1 aromatic carbocycles. The largest absolute Gasteiger partial charge is 0.573 e. The van der Waals surface area contributed by atoms with Crippen molar-refractivity contribution in [3.8, 4) is 5.75 Å². The molecule has 0 saturated carbocycles. The molecule has 0 radical (unpaired) electrons. The normalized spacial score (nSPS) is 11.3. The molecule has 0 atom stereocenters. The number of aromatic nitrogens is 2. The number of amides is 1. The van der Waals surface area contributed by atoms with Gasteiger partial charge in [0.2, 0.25) is 5.13 Å². The van der Waals surface area contributed by atoms with Crippen molar-refractivity contribution in [2.45, 2.75) is 17.6 Å². The Morgan fingerprint density at radius 3 is 2.59 bits per heavy atom. The smallest absolute Gasteiger partial charge is 0.406 e. The van der Waals surface area contributed by atoms with E-state index in [-0.39, 0.29) is 11.3 Å². The van der Waals surface area contributed by atoms with Crippen molar-refractivity contribution in [1.82, 2.24) is 10.2 Å². The molecule has 1 amide bonds. The molecule has 2 aromatic rings. The summed E-state index contributed by atoms with van der Waals surface area (Å²) < 4.78 is 40.6. The minimum absolute atomic E-state index is 0.189. The van der Waals surface area contributed by atoms with Crippen LogP contribution >= 0.6 is 23.1 Å². The highest BCUT2D eigenvalue weighted by Crippen LogP contribution is 2.26. The molecule has 2 rings (SSSR count). The lowest BCUT2D eigenvalue weighted by Crippen LogP contribution is -2.17. The molecule has 0 saturated heterocycles. The van der Waals surface area contributed by atoms with Crippen LogP contribution in [-0.4, -0.2) is 28.2 Å². The number of carbonyl (C=O) groups is 1. The van der Waals surface area contributed by atoms with Crippen LogP contribution in [0.5, 0.6) is 5.75 Å². The van der Waals surface area contributed by atoms with Crippen molar-refractivity contribution in [2.75, 3.05) is 11.1 Å². The Morgan fingerprint density at radius 2 is 2.00 bits per heavy atom. The average Bonchev–Trinajstić information content (AvgIpc) is 2.85. The fraction of sp³-hybridized carbons (Fsp3) is 0.250. The number of benzene rings is 1. The molecule has 0 aliphatic heterocycles. The molecule has 1 aromatic heterocycles. The molecule has 118 valence electrons. The van der Waals surface area contributed by atoms with Gasteiger partial charge in [0, 0.05) is 5.56 Å². The highest BCUT2D eigenvalue weighted by molar-refractivity contribution is 8.01. The highest BCUT2D eigenvalue weighted by atomic mass is 32.2. The van der Waals surface area contributed by atoms with Crippen LogP contribution in [0.2, 0.25) is 0 Å². The second-order valence-corrected chi connectivity index (χ2v) is 6.32. The van der Waals surface area contributed by atoms with Gasteiger partial charge in [-0.3, -0.25) is 10.1 Å². The summed E-state index contributed by atoms with van der Waals surface area (Å²) in [6.45, 7) is 1.97. The molecular formula is C12H10F3N3O2S2. The molecule has 5 nitrogen and oxygen atoms in total. The van der Waals surface area contributed by atoms with Gasteiger partial charge in [0.05, 0.1) is 0 Å². The zero-order chi connectivity index (χ0) is 16.2. The summed E-state index contributed by atoms with van der Waals surface area (Å²) in [7, 11) is 0. The third-order valence-corrected chi connectivity index (χ3v) is 4.10. The molecule has 0 aliphatic carbocycles. The van der Waals surface area contributed by atoms with Crippen LogP contribution in [0.1, 0.15) is 17.3 Å². The van der Waals surface area contributed by atoms with Crippen LogP contribution in [0.15, 0.2) is 28.6 Å². The minimum Gasteiger partial charge on any atom is -0.406 e. The number of rotatable bonds is 5. The maximum absolute atomic E-state index is 12.0. The first kappa shape index (κ1) is 16.6. The molecule has 0 aliphatic rings. The lowest BCUT2D eigenvalue weighted by molar-refractivity contribution is -0.274. The summed E-state index contributed by atoms with van der Waals surface area (Å²) in [5.74, 6) is -0.0344. The number of nitrogens with one attached hydrogen (secondary N) is 1. The molecule has 10 heteroatoms. The van der Waals surface area contributed by atoms with E-state index in [9.17, 15) is 18.0 Å². The van der Waals surface area contributed by atoms with Gasteiger partial charge in [0.1, 0.15) is 5.75 Å². The van der Waals surface area contributed by atoms with Gasteiger partial charge in [0.25, 0.3) is 5.91 Å². The zero-order valence-corrected chi connectivity index (χ0v) is 12.8. The van der Waals surface area contributed by atoms with Crippen molar-refractivity contribution >= 4 is 34.1 Å². The number of hydrogen-bond acceptors (Lipinski definition) is 6. The van der Waals surface area contributed by atoms with E-state index in [0.29, 0.717) is 5.13 Å². The van der Waals surface area contributed by atoms with Gasteiger partial charge in [0.15, 0.2) is 4.34 Å². The minimum atomic E-state index is -4.76. The number of nitrogens with zero attached hydrogens (tertiary/aromatic N) is 2. The van der Waals surface area contributed by atoms with Crippen LogP contribution in [0, 0.1) is 0 Å². The fourth-order valence-electron chi connectivity index (χ4n) is 1.42. The molecule has 0 fully saturated rings. The molecule has 1 N–H and O–H groups in total. The summed E-state index contributed by atoms with van der Waals surface area (Å²) in [5.41, 5.74) is 0.189. The molecule has 1 heterocycles. The number of carbonyl (C=O) groups excluding carboxylic acids is 1. The van der Waals surface area contributed by atoms with E-state index in [2.05, 4.69) is 20.3 Å². The summed E-state index contributed by atoms with van der Waals surface area (Å²) in [6.07, 6.45) is -4.76. The number of ether oxygens (including phenoxy) is 1. The maximum Gasteiger partial charge on any atom is 0.573 e. The molecule has 0 bridgehead atoms. The van der Waals surface area contributed by atoms with Crippen LogP contribution in [0.3, 0.4) is 0 Å². The second kappa shape index (κ2) is 6.97. The third kappa shape index (κ3) is 4.88. The Kier molecular flexibility index (Phi) is 5.24. The van der Waals surface area contributed by atoms with Gasteiger partial charge in [-0.1, -0.05) is 30.0 Å². The van der Waals surface area contributed by atoms with Gasteiger partial charge < -0.3 is 4.74 Å². The first-order chi connectivity index (χ1) is 10.4. The van der Waals surface area contributed by atoms with Crippen molar-refractivity contribution < 1.29 is 22.7 Å². The standard InChI is InChI=1S/C12H10F3N3O2S2/c1-2-21-11-18-17-10(22-11)16-9(19)7-3-5-8(6-4-7)20-12(13,14)15/h3-6H,2H2,1H3,(H,16,17,19). The van der Waals surface area contributed by atoms with Crippen LogP contribution in [0.4, 0.5) is 18.3 Å². The number of anilines is 1. The van der Waals surface area contributed by atoms with Crippen molar-refractivity contribution in [3.63, 3.8) is 0 Å². The van der Waals surface area contributed by atoms with Crippen LogP contribution in [0.25, 0.3) is 0 Å². The van der Waals surface area contributed by atoms with Crippen molar-refractivity contribution in [3.05, 3.63) is 29.8 Å². The third-order valence-electron chi connectivity index (χ3n) is 2.24. The van der Waals surface area contributed by atoms with E-state index < -0.39 is 12.3 Å². The number of alkyl halides is 3. The number of thioether (sulfide) groups is 1. The Hall–Kier alpha value is -1.81. The zero-order valence-electron chi connectivity index (χ0n) is 11.2. The van der Waals surface area contributed by atoms with Gasteiger partial charge in [-0.15, -0.1) is 23.4 Å². The quantitative estimate of drug-likeness (QED) is 0.657. The van der Waals surface area contributed by atoms with Gasteiger partial charge in [-0.2, -0.15) is 0 Å². The number of hydrogen-bond donors (Lipinski definition) is 1. The molecular weight excluding hydrogens is 339 g/mol. The first-order valence-electron chi connectivity index (χ1n) is 6.01. The summed E-state index contributed by atoms with van der Waals surface area (Å²) in [6, 6.07) is 4.61. The highest BCUT2D eigenvalue weighted by Gasteiger charge is 2.31. The monoisotopic (exact) mass is 349 g/mol. The fourth-order valence-corrected chi connectivity index (χ4v) is 3.06.